The molecule has 134 valence electrons. The van der Waals surface area contributed by atoms with Gasteiger partial charge in [0.05, 0.1) is 25.9 Å². The first-order chi connectivity index (χ1) is 10.7. The molecule has 2 heterocycles. The van der Waals surface area contributed by atoms with E-state index in [2.05, 4.69) is 4.74 Å². The van der Waals surface area contributed by atoms with Crippen LogP contribution in [0.2, 0.25) is 0 Å². The van der Waals surface area contributed by atoms with Crippen molar-refractivity contribution in [3.8, 4) is 0 Å². The maximum atomic E-state index is 12.0. The zero-order valence-electron chi connectivity index (χ0n) is 13.7. The Balaban J connectivity index is 2.20. The molecule has 0 aromatic rings. The van der Waals surface area contributed by atoms with Crippen LogP contribution in [-0.2, 0) is 28.5 Å². The number of carbonyl (C=O) groups excluding carboxylic acids is 1. The Morgan fingerprint density at radius 3 is 2.48 bits per heavy atom. The highest BCUT2D eigenvalue weighted by Crippen LogP contribution is 2.35. The number of esters is 1. The van der Waals surface area contributed by atoms with E-state index >= 15 is 0 Å². The highest BCUT2D eigenvalue weighted by molar-refractivity contribution is 5.78. The van der Waals surface area contributed by atoms with Gasteiger partial charge in [0.15, 0.2) is 5.79 Å². The zero-order valence-corrected chi connectivity index (χ0v) is 13.7. The molecule has 4 N–H and O–H groups in total. The monoisotopic (exact) mass is 335 g/mol. The van der Waals surface area contributed by atoms with E-state index in [0.717, 1.165) is 0 Å². The fourth-order valence-corrected chi connectivity index (χ4v) is 2.87. The molecule has 2 saturated heterocycles. The number of carbonyl (C=O) groups is 1. The van der Waals surface area contributed by atoms with Crippen molar-refractivity contribution >= 4 is 5.97 Å². The molecule has 0 radical (unpaired) electrons. The first-order valence-corrected chi connectivity index (χ1v) is 7.40. The van der Waals surface area contributed by atoms with E-state index in [-0.39, 0.29) is 13.0 Å². The summed E-state index contributed by atoms with van der Waals surface area (Å²) in [6.45, 7) is 3.56. The van der Waals surface area contributed by atoms with Crippen LogP contribution in [0.1, 0.15) is 20.3 Å². The van der Waals surface area contributed by atoms with E-state index < -0.39 is 48.0 Å². The van der Waals surface area contributed by atoms with Crippen molar-refractivity contribution in [2.45, 2.75) is 62.3 Å². The Kier molecular flexibility index (Phi) is 5.31. The van der Waals surface area contributed by atoms with E-state index in [1.54, 1.807) is 13.8 Å². The molecule has 0 aliphatic carbocycles. The standard InChI is InChI=1S/C14H25NO8/c1-13(2)21-6-8(22-13)10(17)11-9(15)7(16)5-14(20-4,23-11)12(18)19-3/h7-11,16-17H,5-6,15H2,1-4H3/t7-,8+,9+,10+,11+,14+/m0/s1. The molecule has 0 aromatic heterocycles. The summed E-state index contributed by atoms with van der Waals surface area (Å²) in [5.74, 6) is -3.49. The molecule has 0 aromatic carbocycles. The van der Waals surface area contributed by atoms with Crippen molar-refractivity contribution in [3.63, 3.8) is 0 Å². The number of nitrogens with two attached hydrogens (primary N) is 1. The molecule has 0 unspecified atom stereocenters. The van der Waals surface area contributed by atoms with Gasteiger partial charge < -0.3 is 39.6 Å². The molecule has 2 aliphatic heterocycles. The van der Waals surface area contributed by atoms with Gasteiger partial charge in [-0.15, -0.1) is 0 Å². The summed E-state index contributed by atoms with van der Waals surface area (Å²) in [7, 11) is 2.43. The highest BCUT2D eigenvalue weighted by Gasteiger charge is 2.55. The molecule has 2 rings (SSSR count). The molecule has 2 aliphatic rings. The third-order valence-electron chi connectivity index (χ3n) is 4.20. The molecule has 0 amide bonds. The third kappa shape index (κ3) is 3.50. The number of ether oxygens (including phenoxy) is 5. The Hall–Kier alpha value is -0.810. The fourth-order valence-electron chi connectivity index (χ4n) is 2.87. The van der Waals surface area contributed by atoms with Gasteiger partial charge in [0, 0.05) is 13.5 Å². The number of hydrogen-bond donors (Lipinski definition) is 3. The summed E-state index contributed by atoms with van der Waals surface area (Å²) >= 11 is 0. The fraction of sp³-hybridized carbons (Fsp3) is 0.929. The van der Waals surface area contributed by atoms with Gasteiger partial charge >= 0.3 is 5.97 Å². The lowest BCUT2D eigenvalue weighted by atomic mass is 9.89. The van der Waals surface area contributed by atoms with Gasteiger partial charge in [-0.1, -0.05) is 0 Å². The minimum absolute atomic E-state index is 0.134. The topological polar surface area (TPSA) is 130 Å². The van der Waals surface area contributed by atoms with Gasteiger partial charge in [-0.3, -0.25) is 0 Å². The average molecular weight is 335 g/mol. The van der Waals surface area contributed by atoms with Crippen molar-refractivity contribution in [1.29, 1.82) is 0 Å². The molecule has 6 atom stereocenters. The molecule has 0 bridgehead atoms. The summed E-state index contributed by atoms with van der Waals surface area (Å²) in [5.41, 5.74) is 5.94. The third-order valence-corrected chi connectivity index (χ3v) is 4.20. The SMILES string of the molecule is COC(=O)[C@@]1(OC)C[C@H](O)[C@@H](N)[C@H]([C@H](O)[C@H]2COC(C)(C)O2)O1. The second-order valence-electron chi connectivity index (χ2n) is 6.24. The molecule has 23 heavy (non-hydrogen) atoms. The van der Waals surface area contributed by atoms with Crippen LogP contribution in [0, 0.1) is 0 Å². The maximum absolute atomic E-state index is 12.0. The summed E-state index contributed by atoms with van der Waals surface area (Å²) in [5, 5.41) is 20.7. The van der Waals surface area contributed by atoms with E-state index in [1.807, 2.05) is 0 Å². The first-order valence-electron chi connectivity index (χ1n) is 7.40. The minimum Gasteiger partial charge on any atom is -0.465 e. The highest BCUT2D eigenvalue weighted by atomic mass is 16.8. The molecular formula is C14H25NO8. The normalized spacial score (nSPS) is 41.5. The molecule has 9 nitrogen and oxygen atoms in total. The predicted molar refractivity (Wildman–Crippen MR) is 76.1 cm³/mol. The summed E-state index contributed by atoms with van der Waals surface area (Å²) in [6.07, 6.45) is -4.36. The molecular weight excluding hydrogens is 310 g/mol. The van der Waals surface area contributed by atoms with E-state index in [9.17, 15) is 15.0 Å². The van der Waals surface area contributed by atoms with Gasteiger partial charge in [0.1, 0.15) is 18.3 Å². The van der Waals surface area contributed by atoms with Crippen LogP contribution in [0.5, 0.6) is 0 Å². The van der Waals surface area contributed by atoms with Gasteiger partial charge in [0.25, 0.3) is 5.79 Å². The molecule has 0 spiro atoms. The summed E-state index contributed by atoms with van der Waals surface area (Å²) < 4.78 is 26.4. The van der Waals surface area contributed by atoms with Crippen molar-refractivity contribution in [2.24, 2.45) is 5.73 Å². The smallest absolute Gasteiger partial charge is 0.366 e. The Morgan fingerprint density at radius 2 is 2.00 bits per heavy atom. The minimum atomic E-state index is -1.83. The summed E-state index contributed by atoms with van der Waals surface area (Å²) in [4.78, 5) is 12.0. The average Bonchev–Trinajstić information content (AvgIpc) is 2.88. The predicted octanol–water partition coefficient (Wildman–Crippen LogP) is -1.51. The van der Waals surface area contributed by atoms with Crippen LogP contribution < -0.4 is 5.73 Å². The number of hydrogen-bond acceptors (Lipinski definition) is 9. The lowest BCUT2D eigenvalue weighted by Crippen LogP contribution is -2.66. The van der Waals surface area contributed by atoms with Crippen molar-refractivity contribution < 1.29 is 38.7 Å². The van der Waals surface area contributed by atoms with Crippen LogP contribution >= 0.6 is 0 Å². The van der Waals surface area contributed by atoms with Crippen molar-refractivity contribution in [3.05, 3.63) is 0 Å². The van der Waals surface area contributed by atoms with E-state index in [0.29, 0.717) is 0 Å². The van der Waals surface area contributed by atoms with Crippen LogP contribution in [0.25, 0.3) is 0 Å². The summed E-state index contributed by atoms with van der Waals surface area (Å²) in [6, 6.07) is -0.926. The van der Waals surface area contributed by atoms with Crippen LogP contribution in [0.15, 0.2) is 0 Å². The second-order valence-corrected chi connectivity index (χ2v) is 6.24. The Labute approximate surface area is 134 Å². The lowest BCUT2D eigenvalue weighted by Gasteiger charge is -2.45. The van der Waals surface area contributed by atoms with Crippen molar-refractivity contribution in [2.75, 3.05) is 20.8 Å². The van der Waals surface area contributed by atoms with Crippen molar-refractivity contribution in [1.82, 2.24) is 0 Å². The quantitative estimate of drug-likeness (QED) is 0.525. The van der Waals surface area contributed by atoms with Gasteiger partial charge in [-0.25, -0.2) is 4.79 Å². The van der Waals surface area contributed by atoms with Crippen LogP contribution in [-0.4, -0.2) is 79.0 Å². The second kappa shape index (κ2) is 6.60. The zero-order chi connectivity index (χ0) is 17.4. The Bertz CT molecular complexity index is 444. The number of aliphatic hydroxyl groups is 2. The first kappa shape index (κ1) is 18.5. The molecule has 9 heteroatoms. The van der Waals surface area contributed by atoms with E-state index in [1.165, 1.54) is 14.2 Å². The molecule has 0 saturated carbocycles. The largest absolute Gasteiger partial charge is 0.465 e. The van der Waals surface area contributed by atoms with Crippen LogP contribution in [0.4, 0.5) is 0 Å². The number of rotatable bonds is 4. The number of methoxy groups -OCH3 is 2. The molecule has 2 fully saturated rings. The maximum Gasteiger partial charge on any atom is 0.366 e. The van der Waals surface area contributed by atoms with Gasteiger partial charge in [-0.2, -0.15) is 0 Å². The van der Waals surface area contributed by atoms with E-state index in [4.69, 9.17) is 24.7 Å². The lowest BCUT2D eigenvalue weighted by molar-refractivity contribution is -0.303. The van der Waals surface area contributed by atoms with Gasteiger partial charge in [0.2, 0.25) is 0 Å². The number of aliphatic hydroxyl groups excluding tert-OH is 2. The van der Waals surface area contributed by atoms with Crippen LogP contribution in [0.3, 0.4) is 0 Å². The Morgan fingerprint density at radius 1 is 1.35 bits per heavy atom. The van der Waals surface area contributed by atoms with Gasteiger partial charge in [-0.05, 0) is 13.8 Å².